The minimum absolute atomic E-state index is 0.232. The van der Waals surface area contributed by atoms with Crippen molar-refractivity contribution in [2.45, 2.75) is 40.3 Å². The maximum Gasteiger partial charge on any atom is 0.317 e. The molecule has 0 aliphatic carbocycles. The summed E-state index contributed by atoms with van der Waals surface area (Å²) >= 11 is 0. The molecule has 1 fully saturated rings. The Morgan fingerprint density at radius 2 is 2.23 bits per heavy atom. The first kappa shape index (κ1) is 16.3. The summed E-state index contributed by atoms with van der Waals surface area (Å²) in [6.07, 6.45) is 4.11. The molecule has 7 heteroatoms. The molecule has 0 saturated carbocycles. The van der Waals surface area contributed by atoms with Crippen molar-refractivity contribution in [2.24, 2.45) is 11.3 Å². The number of carbonyl (C=O) groups is 2. The van der Waals surface area contributed by atoms with E-state index in [0.717, 1.165) is 12.4 Å². The SMILES string of the molecule is CC(C)Cn1ccnc1CNC(=O)N1CCC(C)(C(=O)O)C1. The summed E-state index contributed by atoms with van der Waals surface area (Å²) in [7, 11) is 0. The third-order valence-corrected chi connectivity index (χ3v) is 4.04. The highest BCUT2D eigenvalue weighted by Crippen LogP contribution is 2.29. The van der Waals surface area contributed by atoms with Crippen LogP contribution in [-0.2, 0) is 17.9 Å². The van der Waals surface area contributed by atoms with Crippen LogP contribution < -0.4 is 5.32 Å². The molecule has 0 bridgehead atoms. The number of rotatable bonds is 5. The van der Waals surface area contributed by atoms with Crippen LogP contribution in [-0.4, -0.2) is 44.6 Å². The van der Waals surface area contributed by atoms with E-state index in [1.165, 1.54) is 0 Å². The molecule has 2 N–H and O–H groups in total. The minimum atomic E-state index is -0.852. The van der Waals surface area contributed by atoms with Crippen LogP contribution in [0.5, 0.6) is 0 Å². The lowest BCUT2D eigenvalue weighted by Gasteiger charge is -2.20. The zero-order valence-electron chi connectivity index (χ0n) is 13.4. The van der Waals surface area contributed by atoms with Gasteiger partial charge in [-0.3, -0.25) is 4.79 Å². The lowest BCUT2D eigenvalue weighted by atomic mass is 9.90. The molecule has 0 radical (unpaired) electrons. The fraction of sp³-hybridized carbons (Fsp3) is 0.667. The number of aromatic nitrogens is 2. The Bertz CT molecular complexity index is 555. The second kappa shape index (κ2) is 6.37. The molecule has 1 aromatic rings. The molecule has 2 rings (SSSR count). The van der Waals surface area contributed by atoms with Crippen LogP contribution in [0, 0.1) is 11.3 Å². The maximum absolute atomic E-state index is 12.2. The number of nitrogens with zero attached hydrogens (tertiary/aromatic N) is 3. The number of carboxylic acids is 1. The highest BCUT2D eigenvalue weighted by molar-refractivity contribution is 5.79. The summed E-state index contributed by atoms with van der Waals surface area (Å²) in [5, 5.41) is 12.0. The predicted molar refractivity (Wildman–Crippen MR) is 81.2 cm³/mol. The van der Waals surface area contributed by atoms with Gasteiger partial charge in [0.2, 0.25) is 0 Å². The Morgan fingerprint density at radius 1 is 1.50 bits per heavy atom. The van der Waals surface area contributed by atoms with E-state index in [0.29, 0.717) is 25.4 Å². The summed E-state index contributed by atoms with van der Waals surface area (Å²) in [6.45, 7) is 7.84. The summed E-state index contributed by atoms with van der Waals surface area (Å²) in [5.41, 5.74) is -0.840. The van der Waals surface area contributed by atoms with Crippen molar-refractivity contribution in [3.05, 3.63) is 18.2 Å². The molecule has 1 aromatic heterocycles. The largest absolute Gasteiger partial charge is 0.481 e. The highest BCUT2D eigenvalue weighted by atomic mass is 16.4. The van der Waals surface area contributed by atoms with Gasteiger partial charge in [0.05, 0.1) is 12.0 Å². The van der Waals surface area contributed by atoms with Crippen LogP contribution in [0.1, 0.15) is 33.0 Å². The molecule has 1 saturated heterocycles. The van der Waals surface area contributed by atoms with Crippen LogP contribution in [0.4, 0.5) is 4.79 Å². The highest BCUT2D eigenvalue weighted by Gasteiger charge is 2.42. The summed E-state index contributed by atoms with van der Waals surface area (Å²) in [4.78, 5) is 29.2. The fourth-order valence-electron chi connectivity index (χ4n) is 2.64. The van der Waals surface area contributed by atoms with Crippen LogP contribution >= 0.6 is 0 Å². The number of aliphatic carboxylic acids is 1. The molecule has 0 spiro atoms. The Kier molecular flexibility index (Phi) is 4.73. The number of imidazole rings is 1. The van der Waals surface area contributed by atoms with Crippen molar-refractivity contribution in [1.29, 1.82) is 0 Å². The minimum Gasteiger partial charge on any atom is -0.481 e. The van der Waals surface area contributed by atoms with Crippen molar-refractivity contribution in [1.82, 2.24) is 19.8 Å². The van der Waals surface area contributed by atoms with Gasteiger partial charge in [0, 0.05) is 32.0 Å². The van der Waals surface area contributed by atoms with E-state index in [-0.39, 0.29) is 12.6 Å². The molecule has 2 heterocycles. The molecule has 22 heavy (non-hydrogen) atoms. The van der Waals surface area contributed by atoms with Gasteiger partial charge < -0.3 is 19.9 Å². The second-order valence-electron chi connectivity index (χ2n) is 6.59. The third kappa shape index (κ3) is 3.58. The van der Waals surface area contributed by atoms with Crippen molar-refractivity contribution in [3.8, 4) is 0 Å². The Labute approximate surface area is 130 Å². The molecule has 0 aromatic carbocycles. The molecule has 1 atom stereocenters. The van der Waals surface area contributed by atoms with Gasteiger partial charge in [0.25, 0.3) is 0 Å². The van der Waals surface area contributed by atoms with Crippen molar-refractivity contribution in [2.75, 3.05) is 13.1 Å². The average Bonchev–Trinajstić information content (AvgIpc) is 3.03. The van der Waals surface area contributed by atoms with Crippen molar-refractivity contribution < 1.29 is 14.7 Å². The Hall–Kier alpha value is -2.05. The topological polar surface area (TPSA) is 87.5 Å². The van der Waals surface area contributed by atoms with Crippen LogP contribution in [0.15, 0.2) is 12.4 Å². The number of carbonyl (C=O) groups excluding carboxylic acids is 1. The van der Waals surface area contributed by atoms with Gasteiger partial charge in [-0.05, 0) is 19.3 Å². The number of likely N-dealkylation sites (tertiary alicyclic amines) is 1. The maximum atomic E-state index is 12.2. The van der Waals surface area contributed by atoms with E-state index >= 15 is 0 Å². The second-order valence-corrected chi connectivity index (χ2v) is 6.59. The molecular weight excluding hydrogens is 284 g/mol. The van der Waals surface area contributed by atoms with Gasteiger partial charge >= 0.3 is 12.0 Å². The molecule has 2 amide bonds. The van der Waals surface area contributed by atoms with Gasteiger partial charge in [0.15, 0.2) is 0 Å². The first-order valence-electron chi connectivity index (χ1n) is 7.58. The number of hydrogen-bond donors (Lipinski definition) is 2. The van der Waals surface area contributed by atoms with Gasteiger partial charge in [-0.1, -0.05) is 13.8 Å². The smallest absolute Gasteiger partial charge is 0.317 e. The Morgan fingerprint density at radius 3 is 2.82 bits per heavy atom. The van der Waals surface area contributed by atoms with E-state index in [2.05, 4.69) is 24.1 Å². The molecule has 122 valence electrons. The van der Waals surface area contributed by atoms with Crippen molar-refractivity contribution in [3.63, 3.8) is 0 Å². The monoisotopic (exact) mass is 308 g/mol. The average molecular weight is 308 g/mol. The zero-order valence-corrected chi connectivity index (χ0v) is 13.4. The van der Waals surface area contributed by atoms with E-state index in [1.54, 1.807) is 18.0 Å². The lowest BCUT2D eigenvalue weighted by Crippen LogP contribution is -2.41. The van der Waals surface area contributed by atoms with Crippen LogP contribution in [0.3, 0.4) is 0 Å². The van der Waals surface area contributed by atoms with Crippen LogP contribution in [0.2, 0.25) is 0 Å². The molecule has 1 aliphatic heterocycles. The first-order valence-corrected chi connectivity index (χ1v) is 7.58. The van der Waals surface area contributed by atoms with E-state index in [1.807, 2.05) is 10.8 Å². The van der Waals surface area contributed by atoms with Gasteiger partial charge in [-0.25, -0.2) is 9.78 Å². The zero-order chi connectivity index (χ0) is 16.3. The molecule has 1 unspecified atom stereocenters. The molecule has 1 aliphatic rings. The quantitative estimate of drug-likeness (QED) is 0.864. The standard InChI is InChI=1S/C15H24N4O3/c1-11(2)9-18-7-5-16-12(18)8-17-14(22)19-6-4-15(3,10-19)13(20)21/h5,7,11H,4,6,8-10H2,1-3H3,(H,17,22)(H,20,21). The lowest BCUT2D eigenvalue weighted by molar-refractivity contribution is -0.147. The number of carboxylic acid groups (broad SMARTS) is 1. The number of nitrogens with one attached hydrogen (secondary N) is 1. The number of amides is 2. The van der Waals surface area contributed by atoms with Crippen LogP contribution in [0.25, 0.3) is 0 Å². The number of urea groups is 1. The van der Waals surface area contributed by atoms with Gasteiger partial charge in [0.1, 0.15) is 5.82 Å². The summed E-state index contributed by atoms with van der Waals surface area (Å²) in [6, 6.07) is -0.232. The third-order valence-electron chi connectivity index (χ3n) is 4.04. The molecular formula is C15H24N4O3. The summed E-state index contributed by atoms with van der Waals surface area (Å²) < 4.78 is 2.02. The first-order chi connectivity index (χ1) is 10.3. The van der Waals surface area contributed by atoms with E-state index < -0.39 is 11.4 Å². The Balaban J connectivity index is 1.89. The van der Waals surface area contributed by atoms with Crippen molar-refractivity contribution >= 4 is 12.0 Å². The summed E-state index contributed by atoms with van der Waals surface area (Å²) in [5.74, 6) is 0.455. The normalized spacial score (nSPS) is 21.4. The predicted octanol–water partition coefficient (Wildman–Crippen LogP) is 1.55. The fourth-order valence-corrected chi connectivity index (χ4v) is 2.64. The van der Waals surface area contributed by atoms with E-state index in [4.69, 9.17) is 0 Å². The number of hydrogen-bond acceptors (Lipinski definition) is 3. The van der Waals surface area contributed by atoms with E-state index in [9.17, 15) is 14.7 Å². The molecule has 7 nitrogen and oxygen atoms in total. The van der Waals surface area contributed by atoms with Gasteiger partial charge in [-0.15, -0.1) is 0 Å². The van der Waals surface area contributed by atoms with Gasteiger partial charge in [-0.2, -0.15) is 0 Å².